The molecule has 3 fully saturated rings. The van der Waals surface area contributed by atoms with Crippen LogP contribution in [0.4, 0.5) is 5.69 Å². The molecule has 1 saturated carbocycles. The molecule has 4 rings (SSSR count). The zero-order chi connectivity index (χ0) is 17.4. The third kappa shape index (κ3) is 3.27. The van der Waals surface area contributed by atoms with E-state index in [0.29, 0.717) is 24.7 Å². The van der Waals surface area contributed by atoms with Crippen LogP contribution in [0, 0.1) is 5.92 Å². The zero-order valence-corrected chi connectivity index (χ0v) is 15.0. The molecule has 0 aromatic heterocycles. The van der Waals surface area contributed by atoms with Crippen LogP contribution in [0.3, 0.4) is 0 Å². The number of ether oxygens (including phenoxy) is 1. The average molecular weight is 363 g/mol. The van der Waals surface area contributed by atoms with Crippen LogP contribution < -0.4 is 4.90 Å². The zero-order valence-electron chi connectivity index (χ0n) is 14.2. The highest BCUT2D eigenvalue weighted by atomic mass is 35.5. The summed E-state index contributed by atoms with van der Waals surface area (Å²) in [6.07, 6.45) is 4.84. The van der Waals surface area contributed by atoms with Crippen molar-refractivity contribution in [2.75, 3.05) is 24.6 Å². The van der Waals surface area contributed by atoms with Crippen molar-refractivity contribution in [2.24, 2.45) is 5.92 Å². The number of carbonyl (C=O) groups is 2. The predicted molar refractivity (Wildman–Crippen MR) is 95.6 cm³/mol. The molecule has 1 aliphatic carbocycles. The van der Waals surface area contributed by atoms with Gasteiger partial charge in [0.1, 0.15) is 0 Å². The molecule has 3 atom stereocenters. The summed E-state index contributed by atoms with van der Waals surface area (Å²) in [5.41, 5.74) is 0.808. The monoisotopic (exact) mass is 362 g/mol. The number of halogens is 1. The fraction of sp³-hybridized carbons (Fsp3) is 0.579. The molecule has 2 amide bonds. The molecule has 2 saturated heterocycles. The molecule has 1 aromatic carbocycles. The molecule has 6 heteroatoms. The summed E-state index contributed by atoms with van der Waals surface area (Å²) in [4.78, 5) is 29.2. The predicted octanol–water partition coefficient (Wildman–Crippen LogP) is 2.86. The van der Waals surface area contributed by atoms with E-state index in [1.807, 2.05) is 17.0 Å². The van der Waals surface area contributed by atoms with Crippen LogP contribution >= 0.6 is 11.6 Å². The van der Waals surface area contributed by atoms with E-state index in [-0.39, 0.29) is 36.3 Å². The highest BCUT2D eigenvalue weighted by Gasteiger charge is 2.42. The Hall–Kier alpha value is -1.59. The van der Waals surface area contributed by atoms with Gasteiger partial charge in [-0.1, -0.05) is 24.4 Å². The molecule has 1 aromatic rings. The van der Waals surface area contributed by atoms with E-state index in [9.17, 15) is 9.59 Å². The summed E-state index contributed by atoms with van der Waals surface area (Å²) in [6, 6.07) is 7.40. The van der Waals surface area contributed by atoms with Crippen LogP contribution in [0.25, 0.3) is 0 Å². The number of fused-ring (bicyclic) bond motifs is 1. The number of carbonyl (C=O) groups excluding carboxylic acids is 2. The normalized spacial score (nSPS) is 29.6. The van der Waals surface area contributed by atoms with E-state index in [4.69, 9.17) is 16.3 Å². The van der Waals surface area contributed by atoms with Crippen molar-refractivity contribution in [2.45, 2.75) is 44.2 Å². The first-order valence-corrected chi connectivity index (χ1v) is 9.49. The number of rotatable bonds is 2. The van der Waals surface area contributed by atoms with Gasteiger partial charge in [-0.3, -0.25) is 9.59 Å². The van der Waals surface area contributed by atoms with Crippen molar-refractivity contribution in [1.29, 1.82) is 0 Å². The van der Waals surface area contributed by atoms with E-state index < -0.39 is 0 Å². The van der Waals surface area contributed by atoms with Gasteiger partial charge in [0.2, 0.25) is 11.8 Å². The van der Waals surface area contributed by atoms with Gasteiger partial charge in [-0.2, -0.15) is 0 Å². The van der Waals surface area contributed by atoms with E-state index in [1.54, 1.807) is 17.0 Å². The maximum absolute atomic E-state index is 13.1. The first-order chi connectivity index (χ1) is 12.1. The Bertz CT molecular complexity index is 661. The van der Waals surface area contributed by atoms with Gasteiger partial charge in [0, 0.05) is 30.2 Å². The van der Waals surface area contributed by atoms with Gasteiger partial charge >= 0.3 is 0 Å². The number of hydrogen-bond donors (Lipinski definition) is 0. The molecule has 5 nitrogen and oxygen atoms in total. The second kappa shape index (κ2) is 6.96. The standard InChI is InChI=1S/C19H23ClN2O3/c20-14-5-7-15(8-6-14)22-12-13(11-18(22)23)19(24)21-9-10-25-17-4-2-1-3-16(17)21/h5-8,13,16-17H,1-4,9-12H2/t13-,16-,17+/m0/s1. The molecule has 0 unspecified atom stereocenters. The summed E-state index contributed by atoms with van der Waals surface area (Å²) in [5, 5.41) is 0.639. The maximum atomic E-state index is 13.1. The first kappa shape index (κ1) is 16.9. The average Bonchev–Trinajstić information content (AvgIpc) is 3.03. The highest BCUT2D eigenvalue weighted by Crippen LogP contribution is 2.32. The highest BCUT2D eigenvalue weighted by molar-refractivity contribution is 6.30. The number of anilines is 1. The Labute approximate surface area is 152 Å². The fourth-order valence-electron chi connectivity index (χ4n) is 4.35. The molecule has 0 N–H and O–H groups in total. The second-order valence-electron chi connectivity index (χ2n) is 7.17. The maximum Gasteiger partial charge on any atom is 0.228 e. The van der Waals surface area contributed by atoms with Gasteiger partial charge < -0.3 is 14.5 Å². The van der Waals surface area contributed by atoms with Crippen molar-refractivity contribution in [3.63, 3.8) is 0 Å². The van der Waals surface area contributed by atoms with E-state index in [2.05, 4.69) is 0 Å². The van der Waals surface area contributed by atoms with E-state index in [0.717, 1.165) is 24.9 Å². The first-order valence-electron chi connectivity index (χ1n) is 9.11. The lowest BCUT2D eigenvalue weighted by Gasteiger charge is -2.44. The number of morpholine rings is 1. The molecular weight excluding hydrogens is 340 g/mol. The topological polar surface area (TPSA) is 49.9 Å². The number of benzene rings is 1. The Morgan fingerprint density at radius 3 is 2.72 bits per heavy atom. The molecule has 2 aliphatic heterocycles. The van der Waals surface area contributed by atoms with E-state index in [1.165, 1.54) is 6.42 Å². The van der Waals surface area contributed by atoms with E-state index >= 15 is 0 Å². The van der Waals surface area contributed by atoms with Crippen molar-refractivity contribution in [3.05, 3.63) is 29.3 Å². The van der Waals surface area contributed by atoms with Crippen LogP contribution in [0.2, 0.25) is 5.02 Å². The molecule has 2 heterocycles. The summed E-state index contributed by atoms with van der Waals surface area (Å²) < 4.78 is 5.86. The lowest BCUT2D eigenvalue weighted by molar-refractivity contribution is -0.153. The summed E-state index contributed by atoms with van der Waals surface area (Å²) in [6.45, 7) is 1.70. The van der Waals surface area contributed by atoms with Crippen LogP contribution in [0.5, 0.6) is 0 Å². The third-order valence-corrected chi connectivity index (χ3v) is 5.88. The van der Waals surface area contributed by atoms with Gasteiger partial charge in [-0.25, -0.2) is 0 Å². The molecule has 25 heavy (non-hydrogen) atoms. The molecule has 3 aliphatic rings. The minimum atomic E-state index is -0.260. The third-order valence-electron chi connectivity index (χ3n) is 5.63. The van der Waals surface area contributed by atoms with Gasteiger partial charge in [-0.05, 0) is 37.1 Å². The number of amides is 2. The van der Waals surface area contributed by atoms with Crippen LogP contribution in [0.1, 0.15) is 32.1 Å². The molecule has 0 bridgehead atoms. The fourth-order valence-corrected chi connectivity index (χ4v) is 4.47. The Morgan fingerprint density at radius 2 is 1.92 bits per heavy atom. The second-order valence-corrected chi connectivity index (χ2v) is 7.61. The van der Waals surface area contributed by atoms with Gasteiger partial charge in [0.15, 0.2) is 0 Å². The summed E-state index contributed by atoms with van der Waals surface area (Å²) in [5.74, 6) is -0.136. The van der Waals surface area contributed by atoms with Crippen molar-refractivity contribution < 1.29 is 14.3 Å². The molecule has 134 valence electrons. The molecule has 0 spiro atoms. The van der Waals surface area contributed by atoms with Crippen LogP contribution in [-0.4, -0.2) is 48.6 Å². The largest absolute Gasteiger partial charge is 0.374 e. The lowest BCUT2D eigenvalue weighted by Crippen LogP contribution is -2.56. The Kier molecular flexibility index (Phi) is 4.69. The SMILES string of the molecule is O=C1C[C@H](C(=O)N2CCO[C@@H]3CCCC[C@@H]32)CN1c1ccc(Cl)cc1. The minimum absolute atomic E-state index is 0.00845. The summed E-state index contributed by atoms with van der Waals surface area (Å²) in [7, 11) is 0. The smallest absolute Gasteiger partial charge is 0.228 e. The van der Waals surface area contributed by atoms with Gasteiger partial charge in [0.25, 0.3) is 0 Å². The summed E-state index contributed by atoms with van der Waals surface area (Å²) >= 11 is 5.92. The van der Waals surface area contributed by atoms with Gasteiger partial charge in [0.05, 0.1) is 24.7 Å². The lowest BCUT2D eigenvalue weighted by atomic mass is 9.89. The Morgan fingerprint density at radius 1 is 1.16 bits per heavy atom. The molecular formula is C19H23ClN2O3. The van der Waals surface area contributed by atoms with Crippen molar-refractivity contribution in [3.8, 4) is 0 Å². The Balaban J connectivity index is 1.47. The van der Waals surface area contributed by atoms with Gasteiger partial charge in [-0.15, -0.1) is 0 Å². The number of hydrogen-bond acceptors (Lipinski definition) is 3. The van der Waals surface area contributed by atoms with Crippen molar-refractivity contribution >= 4 is 29.1 Å². The quantitative estimate of drug-likeness (QED) is 0.812. The molecule has 0 radical (unpaired) electrons. The van der Waals surface area contributed by atoms with Crippen molar-refractivity contribution in [1.82, 2.24) is 4.90 Å². The minimum Gasteiger partial charge on any atom is -0.374 e. The van der Waals surface area contributed by atoms with Crippen LogP contribution in [-0.2, 0) is 14.3 Å². The van der Waals surface area contributed by atoms with Crippen LogP contribution in [0.15, 0.2) is 24.3 Å². The number of nitrogens with zero attached hydrogens (tertiary/aromatic N) is 2.